The van der Waals surface area contributed by atoms with E-state index in [0.29, 0.717) is 23.3 Å². The monoisotopic (exact) mass is 471 g/mol. The van der Waals surface area contributed by atoms with Gasteiger partial charge in [0.15, 0.2) is 5.78 Å². The summed E-state index contributed by atoms with van der Waals surface area (Å²) in [6.07, 6.45) is 3.80. The summed E-state index contributed by atoms with van der Waals surface area (Å²) in [4.78, 5) is 25.4. The average molecular weight is 472 g/mol. The van der Waals surface area contributed by atoms with E-state index in [1.54, 1.807) is 19.1 Å². The van der Waals surface area contributed by atoms with Crippen molar-refractivity contribution in [1.29, 1.82) is 0 Å². The molecule has 1 atom stereocenters. The van der Waals surface area contributed by atoms with E-state index >= 15 is 0 Å². The maximum atomic E-state index is 14.2. The summed E-state index contributed by atoms with van der Waals surface area (Å²) in [6, 6.07) is 7.92. The van der Waals surface area contributed by atoms with Crippen molar-refractivity contribution in [2.24, 2.45) is 5.92 Å². The Kier molecular flexibility index (Phi) is 5.61. The Morgan fingerprint density at radius 3 is 2.58 bits per heavy atom. The van der Waals surface area contributed by atoms with E-state index < -0.39 is 27.7 Å². The van der Waals surface area contributed by atoms with E-state index in [-0.39, 0.29) is 42.5 Å². The number of sulfonamides is 1. The number of aryl methyl sites for hydroxylation is 2. The SMILES string of the molecule is CC1CC(=O)c2c(OC(=O)C3CCN(S(=O)(=O)c4ccc5c(c4)CCC5)CC3)ccc(F)c21. The largest absolute Gasteiger partial charge is 0.426 e. The Labute approximate surface area is 192 Å². The van der Waals surface area contributed by atoms with Gasteiger partial charge in [0.05, 0.1) is 16.4 Å². The van der Waals surface area contributed by atoms with Gasteiger partial charge in [-0.15, -0.1) is 0 Å². The van der Waals surface area contributed by atoms with Gasteiger partial charge in [-0.3, -0.25) is 9.59 Å². The molecule has 33 heavy (non-hydrogen) atoms. The molecule has 3 aliphatic rings. The van der Waals surface area contributed by atoms with Gasteiger partial charge in [-0.2, -0.15) is 4.31 Å². The first-order valence-electron chi connectivity index (χ1n) is 11.4. The zero-order valence-electron chi connectivity index (χ0n) is 18.5. The summed E-state index contributed by atoms with van der Waals surface area (Å²) >= 11 is 0. The molecule has 1 aliphatic heterocycles. The predicted molar refractivity (Wildman–Crippen MR) is 119 cm³/mol. The van der Waals surface area contributed by atoms with Gasteiger partial charge in [0.2, 0.25) is 10.0 Å². The van der Waals surface area contributed by atoms with Crippen LogP contribution in [0.15, 0.2) is 35.2 Å². The van der Waals surface area contributed by atoms with Crippen molar-refractivity contribution in [3.63, 3.8) is 0 Å². The fourth-order valence-electron chi connectivity index (χ4n) is 5.29. The molecule has 0 saturated carbocycles. The number of ketones is 1. The highest BCUT2D eigenvalue weighted by molar-refractivity contribution is 7.89. The van der Waals surface area contributed by atoms with Crippen molar-refractivity contribution in [2.45, 2.75) is 56.3 Å². The molecule has 0 aromatic heterocycles. The fourth-order valence-corrected chi connectivity index (χ4v) is 6.81. The lowest BCUT2D eigenvalue weighted by Crippen LogP contribution is -2.41. The van der Waals surface area contributed by atoms with Crippen LogP contribution in [0.25, 0.3) is 0 Å². The summed E-state index contributed by atoms with van der Waals surface area (Å²) in [5.41, 5.74) is 2.79. The number of ether oxygens (including phenoxy) is 1. The molecule has 8 heteroatoms. The number of fused-ring (bicyclic) bond motifs is 2. The average Bonchev–Trinajstić information content (AvgIpc) is 3.39. The smallest absolute Gasteiger partial charge is 0.314 e. The van der Waals surface area contributed by atoms with E-state index in [2.05, 4.69) is 0 Å². The molecule has 2 aromatic rings. The Bertz CT molecular complexity index is 1250. The third-order valence-electron chi connectivity index (χ3n) is 7.12. The third kappa shape index (κ3) is 3.89. The molecule has 0 N–H and O–H groups in total. The van der Waals surface area contributed by atoms with Crippen molar-refractivity contribution in [3.05, 3.63) is 58.4 Å². The van der Waals surface area contributed by atoms with Gasteiger partial charge >= 0.3 is 5.97 Å². The molecule has 2 aliphatic carbocycles. The first-order valence-corrected chi connectivity index (χ1v) is 12.9. The molecule has 2 aromatic carbocycles. The standard InChI is InChI=1S/C25H26FNO5S/c1-15-13-21(28)24-22(8-7-20(26)23(15)24)32-25(29)17-9-11-27(12-10-17)33(30,31)19-6-5-16-3-2-4-18(16)14-19/h5-8,14-15,17H,2-4,9-13H2,1H3. The molecular formula is C25H26FNO5S. The number of carbonyl (C=O) groups is 2. The minimum absolute atomic E-state index is 0.0962. The van der Waals surface area contributed by atoms with Crippen molar-refractivity contribution in [3.8, 4) is 5.75 Å². The predicted octanol–water partition coefficient (Wildman–Crippen LogP) is 4.01. The second-order valence-electron chi connectivity index (χ2n) is 9.25. The number of piperidine rings is 1. The highest BCUT2D eigenvalue weighted by Gasteiger charge is 2.36. The van der Waals surface area contributed by atoms with E-state index in [4.69, 9.17) is 4.74 Å². The number of Topliss-reactive ketones (excluding diaryl/α,β-unsaturated/α-hetero) is 1. The van der Waals surface area contributed by atoms with Crippen LogP contribution < -0.4 is 4.74 Å². The molecule has 0 bridgehead atoms. The second-order valence-corrected chi connectivity index (χ2v) is 11.2. The molecule has 5 rings (SSSR count). The minimum atomic E-state index is -3.62. The van der Waals surface area contributed by atoms with Crippen LogP contribution in [-0.4, -0.2) is 37.6 Å². The van der Waals surface area contributed by atoms with Crippen molar-refractivity contribution >= 4 is 21.8 Å². The number of nitrogens with zero attached hydrogens (tertiary/aromatic N) is 1. The van der Waals surface area contributed by atoms with Gasteiger partial charge in [0, 0.05) is 25.1 Å². The molecule has 1 heterocycles. The Hall–Kier alpha value is -2.58. The van der Waals surface area contributed by atoms with Gasteiger partial charge in [-0.25, -0.2) is 12.8 Å². The van der Waals surface area contributed by atoms with Gasteiger partial charge < -0.3 is 4.74 Å². The molecule has 6 nitrogen and oxygen atoms in total. The van der Waals surface area contributed by atoms with Gasteiger partial charge in [-0.05, 0) is 73.4 Å². The second kappa shape index (κ2) is 8.33. The van der Waals surface area contributed by atoms with Crippen LogP contribution in [0.5, 0.6) is 5.75 Å². The van der Waals surface area contributed by atoms with E-state index in [1.165, 1.54) is 22.0 Å². The Morgan fingerprint density at radius 2 is 1.82 bits per heavy atom. The maximum absolute atomic E-state index is 14.2. The number of hydrogen-bond donors (Lipinski definition) is 0. The molecule has 0 radical (unpaired) electrons. The normalized spacial score (nSPS) is 21.2. The number of esters is 1. The highest BCUT2D eigenvalue weighted by Crippen LogP contribution is 2.40. The van der Waals surface area contributed by atoms with Gasteiger partial charge in [-0.1, -0.05) is 13.0 Å². The Morgan fingerprint density at radius 1 is 1.09 bits per heavy atom. The lowest BCUT2D eigenvalue weighted by Gasteiger charge is -2.30. The van der Waals surface area contributed by atoms with Gasteiger partial charge in [0.1, 0.15) is 11.6 Å². The van der Waals surface area contributed by atoms with Crippen LogP contribution in [0.2, 0.25) is 0 Å². The topological polar surface area (TPSA) is 80.8 Å². The van der Waals surface area contributed by atoms with Crippen LogP contribution >= 0.6 is 0 Å². The minimum Gasteiger partial charge on any atom is -0.426 e. The molecular weight excluding hydrogens is 445 g/mol. The zero-order valence-corrected chi connectivity index (χ0v) is 19.3. The molecule has 0 amide bonds. The number of benzene rings is 2. The number of rotatable bonds is 4. The van der Waals surface area contributed by atoms with Crippen LogP contribution in [0.4, 0.5) is 4.39 Å². The highest BCUT2D eigenvalue weighted by atomic mass is 32.2. The van der Waals surface area contributed by atoms with E-state index in [1.807, 2.05) is 6.07 Å². The quantitative estimate of drug-likeness (QED) is 0.497. The summed E-state index contributed by atoms with van der Waals surface area (Å²) in [6.45, 7) is 2.21. The first kappa shape index (κ1) is 22.2. The number of hydrogen-bond acceptors (Lipinski definition) is 5. The molecule has 0 spiro atoms. The number of halogens is 1. The lowest BCUT2D eigenvalue weighted by atomic mass is 9.98. The van der Waals surface area contributed by atoms with Crippen LogP contribution in [0, 0.1) is 11.7 Å². The van der Waals surface area contributed by atoms with Crippen LogP contribution in [0.1, 0.15) is 65.6 Å². The fraction of sp³-hybridized carbons (Fsp3) is 0.440. The Balaban J connectivity index is 1.27. The van der Waals surface area contributed by atoms with E-state index in [0.717, 1.165) is 24.8 Å². The van der Waals surface area contributed by atoms with Gasteiger partial charge in [0.25, 0.3) is 0 Å². The first-order chi connectivity index (χ1) is 15.8. The molecule has 1 unspecified atom stereocenters. The van der Waals surface area contributed by atoms with Crippen molar-refractivity contribution in [2.75, 3.05) is 13.1 Å². The molecule has 174 valence electrons. The van der Waals surface area contributed by atoms with E-state index in [9.17, 15) is 22.4 Å². The molecule has 1 saturated heterocycles. The van der Waals surface area contributed by atoms with Crippen molar-refractivity contribution < 1.29 is 27.1 Å². The van der Waals surface area contributed by atoms with Crippen LogP contribution in [0.3, 0.4) is 0 Å². The number of carbonyl (C=O) groups excluding carboxylic acids is 2. The summed E-state index contributed by atoms with van der Waals surface area (Å²) in [5.74, 6) is -1.84. The zero-order chi connectivity index (χ0) is 23.3. The van der Waals surface area contributed by atoms with Crippen LogP contribution in [-0.2, 0) is 27.7 Å². The molecule has 1 fully saturated rings. The summed E-state index contributed by atoms with van der Waals surface area (Å²) in [7, 11) is -3.62. The lowest BCUT2D eigenvalue weighted by molar-refractivity contribution is -0.140. The van der Waals surface area contributed by atoms with Crippen molar-refractivity contribution in [1.82, 2.24) is 4.31 Å². The summed E-state index contributed by atoms with van der Waals surface area (Å²) < 4.78 is 47.4. The summed E-state index contributed by atoms with van der Waals surface area (Å²) in [5, 5.41) is 0. The maximum Gasteiger partial charge on any atom is 0.314 e. The third-order valence-corrected chi connectivity index (χ3v) is 9.02.